The summed E-state index contributed by atoms with van der Waals surface area (Å²) in [5.41, 5.74) is 7.72. The number of benzene rings is 4. The van der Waals surface area contributed by atoms with Gasteiger partial charge >= 0.3 is 0 Å². The monoisotopic (exact) mass is 467 g/mol. The minimum Gasteiger partial charge on any atom is -0.355 e. The van der Waals surface area contributed by atoms with Crippen molar-refractivity contribution in [3.8, 4) is 28.3 Å². The molecular formula is C30H21N5O. The number of amides is 1. The van der Waals surface area contributed by atoms with Gasteiger partial charge in [0.1, 0.15) is 6.33 Å². The van der Waals surface area contributed by atoms with Crippen molar-refractivity contribution >= 4 is 33.9 Å². The first-order valence-corrected chi connectivity index (χ1v) is 11.3. The number of nitrogens with zero attached hydrogens (tertiary/aromatic N) is 3. The van der Waals surface area contributed by atoms with Gasteiger partial charge in [-0.05, 0) is 77.4 Å². The van der Waals surface area contributed by atoms with Crippen LogP contribution in [0.5, 0.6) is 0 Å². The van der Waals surface area contributed by atoms with E-state index >= 15 is 0 Å². The number of rotatable bonds is 6. The predicted octanol–water partition coefficient (Wildman–Crippen LogP) is 6.70. The van der Waals surface area contributed by atoms with Gasteiger partial charge in [0.25, 0.3) is 0 Å². The molecule has 6 nitrogen and oxygen atoms in total. The van der Waals surface area contributed by atoms with Crippen LogP contribution >= 0.6 is 0 Å². The summed E-state index contributed by atoms with van der Waals surface area (Å²) in [6.07, 6.45) is 4.58. The van der Waals surface area contributed by atoms with E-state index in [2.05, 4.69) is 51.4 Å². The predicted molar refractivity (Wildman–Crippen MR) is 144 cm³/mol. The molecule has 0 spiro atoms. The molecule has 0 aliphatic carbocycles. The molecule has 0 atom stereocenters. The Morgan fingerprint density at radius 2 is 1.58 bits per heavy atom. The van der Waals surface area contributed by atoms with Crippen molar-refractivity contribution in [3.05, 3.63) is 116 Å². The van der Waals surface area contributed by atoms with Crippen LogP contribution in [0.2, 0.25) is 0 Å². The van der Waals surface area contributed by atoms with Crippen molar-refractivity contribution in [2.24, 2.45) is 0 Å². The number of fused-ring (bicyclic) bond motifs is 1. The van der Waals surface area contributed by atoms with Crippen molar-refractivity contribution in [2.45, 2.75) is 0 Å². The molecule has 0 unspecified atom stereocenters. The molecule has 1 aromatic heterocycles. The number of carbonyl (C=O) groups excluding carboxylic acids is 1. The third kappa shape index (κ3) is 4.81. The second-order valence-electron chi connectivity index (χ2n) is 8.16. The summed E-state index contributed by atoms with van der Waals surface area (Å²) in [4.78, 5) is 20.6. The molecule has 2 N–H and O–H groups in total. The Kier molecular flexibility index (Phi) is 6.20. The van der Waals surface area contributed by atoms with Gasteiger partial charge in [0, 0.05) is 34.2 Å². The van der Waals surface area contributed by atoms with Crippen LogP contribution in [0.3, 0.4) is 0 Å². The maximum atomic E-state index is 11.8. The van der Waals surface area contributed by atoms with Crippen LogP contribution in [0.1, 0.15) is 5.56 Å². The number of carbonyl (C=O) groups is 1. The van der Waals surface area contributed by atoms with Gasteiger partial charge in [-0.3, -0.25) is 4.79 Å². The van der Waals surface area contributed by atoms with Crippen molar-refractivity contribution in [2.75, 3.05) is 10.6 Å². The van der Waals surface area contributed by atoms with Gasteiger partial charge in [0.05, 0.1) is 17.1 Å². The molecule has 0 saturated heterocycles. The van der Waals surface area contributed by atoms with E-state index < -0.39 is 0 Å². The van der Waals surface area contributed by atoms with Crippen molar-refractivity contribution in [1.82, 2.24) is 9.97 Å². The Labute approximate surface area is 208 Å². The van der Waals surface area contributed by atoms with Crippen molar-refractivity contribution in [3.63, 3.8) is 0 Å². The van der Waals surface area contributed by atoms with Crippen LogP contribution < -0.4 is 10.6 Å². The first kappa shape index (κ1) is 22.5. The summed E-state index contributed by atoms with van der Waals surface area (Å²) in [7, 11) is 0. The molecule has 0 aliphatic rings. The normalized spacial score (nSPS) is 10.4. The molecule has 1 amide bonds. The van der Waals surface area contributed by atoms with E-state index in [1.165, 1.54) is 12.4 Å². The molecular weight excluding hydrogens is 446 g/mol. The Morgan fingerprint density at radius 3 is 2.39 bits per heavy atom. The first-order chi connectivity index (χ1) is 17.6. The van der Waals surface area contributed by atoms with E-state index in [4.69, 9.17) is 0 Å². The zero-order valence-corrected chi connectivity index (χ0v) is 19.3. The van der Waals surface area contributed by atoms with Crippen molar-refractivity contribution < 1.29 is 4.79 Å². The van der Waals surface area contributed by atoms with Gasteiger partial charge in [-0.1, -0.05) is 36.9 Å². The molecule has 1 heterocycles. The lowest BCUT2D eigenvalue weighted by Crippen LogP contribution is -2.07. The quantitative estimate of drug-likeness (QED) is 0.271. The lowest BCUT2D eigenvalue weighted by Gasteiger charge is -2.13. The van der Waals surface area contributed by atoms with E-state index in [9.17, 15) is 10.1 Å². The highest BCUT2D eigenvalue weighted by molar-refractivity contribution is 6.01. The van der Waals surface area contributed by atoms with E-state index in [1.54, 1.807) is 12.3 Å². The van der Waals surface area contributed by atoms with E-state index in [0.29, 0.717) is 11.3 Å². The molecule has 5 rings (SSSR count). The maximum absolute atomic E-state index is 11.8. The van der Waals surface area contributed by atoms with Crippen LogP contribution in [0.25, 0.3) is 33.2 Å². The van der Waals surface area contributed by atoms with Gasteiger partial charge in [0.15, 0.2) is 0 Å². The van der Waals surface area contributed by atoms with Crippen LogP contribution in [-0.4, -0.2) is 15.9 Å². The third-order valence-corrected chi connectivity index (χ3v) is 5.71. The van der Waals surface area contributed by atoms with Crippen LogP contribution in [0.4, 0.5) is 17.1 Å². The molecule has 0 bridgehead atoms. The SMILES string of the molecule is C=CC(=O)Nc1cccc(-c2cc(-c3cccc(Nc4cccc(C#N)c4)c3)cc3cncnc23)c1. The maximum Gasteiger partial charge on any atom is 0.247 e. The number of hydrogen-bond acceptors (Lipinski definition) is 5. The minimum atomic E-state index is -0.266. The largest absolute Gasteiger partial charge is 0.355 e. The van der Waals surface area contributed by atoms with E-state index in [1.807, 2.05) is 60.7 Å². The summed E-state index contributed by atoms with van der Waals surface area (Å²) < 4.78 is 0. The summed E-state index contributed by atoms with van der Waals surface area (Å²) in [6, 6.07) is 29.4. The van der Waals surface area contributed by atoms with Crippen LogP contribution in [0, 0.1) is 11.3 Å². The fourth-order valence-corrected chi connectivity index (χ4v) is 4.06. The summed E-state index contributed by atoms with van der Waals surface area (Å²) in [5.74, 6) is -0.266. The molecule has 5 aromatic rings. The summed E-state index contributed by atoms with van der Waals surface area (Å²) in [5, 5.41) is 16.3. The Hall–Kier alpha value is -5.28. The number of anilines is 3. The topological polar surface area (TPSA) is 90.7 Å². The lowest BCUT2D eigenvalue weighted by molar-refractivity contribution is -0.111. The van der Waals surface area contributed by atoms with Gasteiger partial charge in [-0.25, -0.2) is 9.97 Å². The molecule has 0 aliphatic heterocycles. The molecule has 172 valence electrons. The summed E-state index contributed by atoms with van der Waals surface area (Å²) >= 11 is 0. The highest BCUT2D eigenvalue weighted by Crippen LogP contribution is 2.35. The van der Waals surface area contributed by atoms with Gasteiger partial charge < -0.3 is 10.6 Å². The average molecular weight is 468 g/mol. The number of nitriles is 1. The Balaban J connectivity index is 1.57. The van der Waals surface area contributed by atoms with Gasteiger partial charge in [-0.2, -0.15) is 5.26 Å². The van der Waals surface area contributed by atoms with Crippen LogP contribution in [-0.2, 0) is 4.79 Å². The molecule has 4 aromatic carbocycles. The average Bonchev–Trinajstić information content (AvgIpc) is 2.92. The summed E-state index contributed by atoms with van der Waals surface area (Å²) in [6.45, 7) is 3.52. The molecule has 36 heavy (non-hydrogen) atoms. The minimum absolute atomic E-state index is 0.266. The van der Waals surface area contributed by atoms with Crippen LogP contribution in [0.15, 0.2) is 110 Å². The third-order valence-electron chi connectivity index (χ3n) is 5.71. The number of nitrogens with one attached hydrogen (secondary N) is 2. The molecule has 0 radical (unpaired) electrons. The zero-order chi connectivity index (χ0) is 24.9. The highest BCUT2D eigenvalue weighted by atomic mass is 16.1. The molecule has 0 fully saturated rings. The number of aromatic nitrogens is 2. The lowest BCUT2D eigenvalue weighted by atomic mass is 9.95. The van der Waals surface area contributed by atoms with E-state index in [0.717, 1.165) is 44.5 Å². The standard InChI is InChI=1S/C30H21N5O/c1-2-29(36)35-27-11-5-8-22(15-27)28-16-23(13-24-18-32-19-33-30(24)28)21-7-4-10-26(14-21)34-25-9-3-6-20(12-25)17-31/h2-16,18-19,34H,1H2,(H,35,36). The molecule has 0 saturated carbocycles. The second kappa shape index (κ2) is 9.92. The fourth-order valence-electron chi connectivity index (χ4n) is 4.06. The first-order valence-electron chi connectivity index (χ1n) is 11.3. The van der Waals surface area contributed by atoms with Gasteiger partial charge in [0.2, 0.25) is 5.91 Å². The number of hydrogen-bond donors (Lipinski definition) is 2. The fraction of sp³-hybridized carbons (Fsp3) is 0. The van der Waals surface area contributed by atoms with E-state index in [-0.39, 0.29) is 5.91 Å². The van der Waals surface area contributed by atoms with Crippen molar-refractivity contribution in [1.29, 1.82) is 5.26 Å². The van der Waals surface area contributed by atoms with Gasteiger partial charge in [-0.15, -0.1) is 0 Å². The second-order valence-corrected chi connectivity index (χ2v) is 8.16. The smallest absolute Gasteiger partial charge is 0.247 e. The zero-order valence-electron chi connectivity index (χ0n) is 19.3. The highest BCUT2D eigenvalue weighted by Gasteiger charge is 2.11. The Morgan fingerprint density at radius 1 is 0.861 bits per heavy atom. The Bertz CT molecular complexity index is 1650. The molecule has 6 heteroatoms.